The van der Waals surface area contributed by atoms with Crippen molar-refractivity contribution in [2.45, 2.75) is 32.6 Å². The molecule has 1 aliphatic rings. The van der Waals surface area contributed by atoms with Crippen molar-refractivity contribution in [3.8, 4) is 17.1 Å². The Morgan fingerprint density at radius 2 is 1.80 bits per heavy atom. The average Bonchev–Trinajstić information content (AvgIpc) is 3.23. The van der Waals surface area contributed by atoms with Crippen molar-refractivity contribution in [3.63, 3.8) is 0 Å². The zero-order chi connectivity index (χ0) is 24.3. The summed E-state index contributed by atoms with van der Waals surface area (Å²) in [6.07, 6.45) is 1.09. The highest BCUT2D eigenvalue weighted by atomic mass is 35.5. The van der Waals surface area contributed by atoms with Gasteiger partial charge in [0.2, 0.25) is 4.71 Å². The molecule has 1 aliphatic heterocycles. The molecule has 0 fully saturated rings. The average molecular weight is 500 g/mol. The highest BCUT2D eigenvalue weighted by Crippen LogP contribution is 2.45. The monoisotopic (exact) mass is 499 g/mol. The molecule has 0 radical (unpaired) electrons. The molecular formula is C29H26ClN3OS. The van der Waals surface area contributed by atoms with E-state index in [1.807, 2.05) is 36.4 Å². The Hall–Kier alpha value is -3.15. The minimum absolute atomic E-state index is 0.0442. The van der Waals surface area contributed by atoms with Crippen molar-refractivity contribution in [2.24, 2.45) is 0 Å². The molecule has 0 atom stereocenters. The second kappa shape index (κ2) is 8.21. The van der Waals surface area contributed by atoms with E-state index in [-0.39, 0.29) is 5.41 Å². The van der Waals surface area contributed by atoms with Gasteiger partial charge in [0, 0.05) is 35.9 Å². The number of hydrogen-bond donors (Lipinski definition) is 0. The predicted molar refractivity (Wildman–Crippen MR) is 148 cm³/mol. The lowest BCUT2D eigenvalue weighted by molar-refractivity contribution is 0.456. The van der Waals surface area contributed by atoms with Crippen LogP contribution in [0.3, 0.4) is 0 Å². The van der Waals surface area contributed by atoms with E-state index in [1.54, 1.807) is 0 Å². The molecule has 35 heavy (non-hydrogen) atoms. The van der Waals surface area contributed by atoms with Gasteiger partial charge in [-0.25, -0.2) is 4.98 Å². The van der Waals surface area contributed by atoms with Gasteiger partial charge in [0.25, 0.3) is 0 Å². The van der Waals surface area contributed by atoms with Gasteiger partial charge < -0.3 is 9.32 Å². The molecule has 6 heteroatoms. The summed E-state index contributed by atoms with van der Waals surface area (Å²) in [6, 6.07) is 22.5. The number of benzene rings is 3. The van der Waals surface area contributed by atoms with E-state index < -0.39 is 0 Å². The van der Waals surface area contributed by atoms with Gasteiger partial charge in [-0.05, 0) is 66.9 Å². The van der Waals surface area contributed by atoms with E-state index in [2.05, 4.69) is 60.6 Å². The lowest BCUT2D eigenvalue weighted by atomic mass is 9.77. The number of halogens is 1. The number of para-hydroxylation sites is 3. The Labute approximate surface area is 214 Å². The van der Waals surface area contributed by atoms with Crippen LogP contribution in [0.4, 0.5) is 5.69 Å². The summed E-state index contributed by atoms with van der Waals surface area (Å²) >= 11 is 13.0. The quantitative estimate of drug-likeness (QED) is 0.234. The molecular weight excluding hydrogens is 474 g/mol. The summed E-state index contributed by atoms with van der Waals surface area (Å²) < 4.78 is 8.74. The minimum Gasteiger partial charge on any atom is -0.444 e. The molecule has 3 heterocycles. The number of rotatable bonds is 3. The highest BCUT2D eigenvalue weighted by Gasteiger charge is 2.32. The zero-order valence-corrected chi connectivity index (χ0v) is 21.6. The van der Waals surface area contributed by atoms with Crippen LogP contribution < -0.4 is 4.90 Å². The molecule has 0 spiro atoms. The maximum Gasteiger partial charge on any atom is 0.203 e. The first kappa shape index (κ1) is 22.3. The number of fused-ring (bicyclic) bond motifs is 3. The Bertz CT molecular complexity index is 1650. The first-order chi connectivity index (χ1) is 16.9. The Morgan fingerprint density at radius 3 is 2.57 bits per heavy atom. The van der Waals surface area contributed by atoms with E-state index in [4.69, 9.17) is 33.2 Å². The van der Waals surface area contributed by atoms with Crippen molar-refractivity contribution in [1.29, 1.82) is 0 Å². The van der Waals surface area contributed by atoms with Gasteiger partial charge in [0.1, 0.15) is 5.58 Å². The largest absolute Gasteiger partial charge is 0.444 e. The molecule has 5 aromatic rings. The van der Waals surface area contributed by atoms with Crippen LogP contribution in [-0.4, -0.2) is 22.6 Å². The van der Waals surface area contributed by atoms with Crippen LogP contribution in [-0.2, 0) is 5.41 Å². The van der Waals surface area contributed by atoms with Gasteiger partial charge in [0.05, 0.1) is 21.6 Å². The molecule has 0 saturated carbocycles. The standard InChI is InChI=1S/C29H26ClN3OS/c1-4-32-15-14-29(2,3)20-16-19-24(17-23(20)32)34-28(35)25(26(19)30)27-31-21-12-8-9-13-22(21)33(27)18-10-6-5-7-11-18/h5-13,16-17H,4,14-15H2,1-3H3. The molecule has 2 aromatic heterocycles. The smallest absolute Gasteiger partial charge is 0.203 e. The minimum atomic E-state index is 0.0442. The molecule has 0 aliphatic carbocycles. The summed E-state index contributed by atoms with van der Waals surface area (Å²) in [7, 11) is 0. The van der Waals surface area contributed by atoms with E-state index in [1.165, 1.54) is 11.3 Å². The van der Waals surface area contributed by atoms with E-state index in [0.717, 1.165) is 41.6 Å². The van der Waals surface area contributed by atoms with Gasteiger partial charge in [0.15, 0.2) is 5.82 Å². The first-order valence-electron chi connectivity index (χ1n) is 12.0. The molecule has 176 valence electrons. The summed E-state index contributed by atoms with van der Waals surface area (Å²) in [5.74, 6) is 0.685. The molecule has 0 amide bonds. The SMILES string of the molecule is CCN1CCC(C)(C)c2cc3c(Cl)c(-c4nc5ccccc5n4-c4ccccc4)c(=S)oc3cc21. The van der Waals surface area contributed by atoms with Gasteiger partial charge >= 0.3 is 0 Å². The number of hydrogen-bond acceptors (Lipinski definition) is 4. The lowest BCUT2D eigenvalue weighted by Gasteiger charge is -2.40. The van der Waals surface area contributed by atoms with E-state index in [0.29, 0.717) is 26.7 Å². The fourth-order valence-corrected chi connectivity index (χ4v) is 5.88. The molecule has 0 bridgehead atoms. The van der Waals surface area contributed by atoms with Gasteiger partial charge in [-0.15, -0.1) is 0 Å². The van der Waals surface area contributed by atoms with Crippen molar-refractivity contribution in [1.82, 2.24) is 9.55 Å². The summed E-state index contributed by atoms with van der Waals surface area (Å²) in [4.78, 5) is 7.37. The summed E-state index contributed by atoms with van der Waals surface area (Å²) in [5.41, 5.74) is 6.75. The molecule has 3 aromatic carbocycles. The second-order valence-corrected chi connectivity index (χ2v) is 10.5. The van der Waals surface area contributed by atoms with Gasteiger partial charge in [-0.2, -0.15) is 0 Å². The third-order valence-corrected chi connectivity index (χ3v) is 7.90. The van der Waals surface area contributed by atoms with Crippen LogP contribution in [0.25, 0.3) is 39.1 Å². The Morgan fingerprint density at radius 1 is 1.06 bits per heavy atom. The molecule has 0 N–H and O–H groups in total. The summed E-state index contributed by atoms with van der Waals surface area (Å²) in [6.45, 7) is 8.75. The van der Waals surface area contributed by atoms with Crippen molar-refractivity contribution >= 4 is 51.5 Å². The van der Waals surface area contributed by atoms with Crippen LogP contribution in [0, 0.1) is 4.71 Å². The number of aromatic nitrogens is 2. The Balaban J connectivity index is 1.67. The fourth-order valence-electron chi connectivity index (χ4n) is 5.22. The third kappa shape index (κ3) is 3.48. The maximum atomic E-state index is 7.18. The van der Waals surface area contributed by atoms with Gasteiger partial charge in [-0.1, -0.05) is 55.8 Å². The van der Waals surface area contributed by atoms with Crippen LogP contribution >= 0.6 is 23.8 Å². The maximum absolute atomic E-state index is 7.18. The normalized spacial score (nSPS) is 15.0. The fraction of sp³-hybridized carbons (Fsp3) is 0.241. The van der Waals surface area contributed by atoms with Crippen molar-refractivity contribution in [2.75, 3.05) is 18.0 Å². The highest BCUT2D eigenvalue weighted by molar-refractivity contribution is 7.71. The number of imidazole rings is 1. The topological polar surface area (TPSA) is 34.2 Å². The van der Waals surface area contributed by atoms with Crippen LogP contribution in [0.5, 0.6) is 0 Å². The number of anilines is 1. The van der Waals surface area contributed by atoms with E-state index in [9.17, 15) is 0 Å². The number of nitrogens with zero attached hydrogens (tertiary/aromatic N) is 3. The molecule has 0 saturated heterocycles. The molecule has 0 unspecified atom stereocenters. The van der Waals surface area contributed by atoms with Crippen LogP contribution in [0.2, 0.25) is 5.02 Å². The van der Waals surface area contributed by atoms with Crippen molar-refractivity contribution in [3.05, 3.63) is 82.0 Å². The van der Waals surface area contributed by atoms with Crippen molar-refractivity contribution < 1.29 is 4.42 Å². The Kier molecular flexibility index (Phi) is 5.24. The van der Waals surface area contributed by atoms with Crippen LogP contribution in [0.15, 0.2) is 71.1 Å². The lowest BCUT2D eigenvalue weighted by Crippen LogP contribution is -2.37. The predicted octanol–water partition coefficient (Wildman–Crippen LogP) is 8.33. The van der Waals surface area contributed by atoms with Crippen LogP contribution in [0.1, 0.15) is 32.8 Å². The molecule has 4 nitrogen and oxygen atoms in total. The van der Waals surface area contributed by atoms with Gasteiger partial charge in [-0.3, -0.25) is 4.57 Å². The molecule has 6 rings (SSSR count). The first-order valence-corrected chi connectivity index (χ1v) is 12.8. The third-order valence-electron chi connectivity index (χ3n) is 7.22. The summed E-state index contributed by atoms with van der Waals surface area (Å²) in [5, 5.41) is 1.45. The zero-order valence-electron chi connectivity index (χ0n) is 20.0. The van der Waals surface area contributed by atoms with E-state index >= 15 is 0 Å². The second-order valence-electron chi connectivity index (χ2n) is 9.75.